The summed E-state index contributed by atoms with van der Waals surface area (Å²) < 4.78 is 4.57. The van der Waals surface area contributed by atoms with Gasteiger partial charge in [-0.25, -0.2) is 0 Å². The number of allylic oxidation sites excluding steroid dienone is 1. The summed E-state index contributed by atoms with van der Waals surface area (Å²) >= 11 is 0. The van der Waals surface area contributed by atoms with E-state index in [1.54, 1.807) is 13.8 Å². The SMILES string of the molecule is C=C(C)N(CC(C)C(=O)OC)C(C)=O.CC.CC. The molecular weight excluding hydrogens is 230 g/mol. The van der Waals surface area contributed by atoms with Gasteiger partial charge in [0.1, 0.15) is 0 Å². The average Bonchev–Trinajstić information content (AvgIpc) is 2.38. The number of rotatable bonds is 4. The summed E-state index contributed by atoms with van der Waals surface area (Å²) in [4.78, 5) is 23.7. The van der Waals surface area contributed by atoms with E-state index >= 15 is 0 Å². The molecule has 4 nitrogen and oxygen atoms in total. The summed E-state index contributed by atoms with van der Waals surface area (Å²) in [5.74, 6) is -0.772. The summed E-state index contributed by atoms with van der Waals surface area (Å²) in [6.45, 7) is 16.9. The molecule has 1 unspecified atom stereocenters. The highest BCUT2D eigenvalue weighted by atomic mass is 16.5. The molecule has 108 valence electrons. The number of carbonyl (C=O) groups is 2. The second-order valence-electron chi connectivity index (χ2n) is 3.29. The first-order chi connectivity index (χ1) is 8.40. The Bertz CT molecular complexity index is 235. The number of amides is 1. The molecule has 0 radical (unpaired) electrons. The topological polar surface area (TPSA) is 46.6 Å². The zero-order chi connectivity index (χ0) is 15.3. The van der Waals surface area contributed by atoms with Gasteiger partial charge >= 0.3 is 5.97 Å². The van der Waals surface area contributed by atoms with Crippen LogP contribution in [-0.4, -0.2) is 30.4 Å². The van der Waals surface area contributed by atoms with Crippen molar-refractivity contribution < 1.29 is 14.3 Å². The summed E-state index contributed by atoms with van der Waals surface area (Å²) in [6.07, 6.45) is 0. The van der Waals surface area contributed by atoms with Gasteiger partial charge in [0.2, 0.25) is 5.91 Å². The smallest absolute Gasteiger partial charge is 0.310 e. The highest BCUT2D eigenvalue weighted by Crippen LogP contribution is 2.07. The molecule has 4 heteroatoms. The van der Waals surface area contributed by atoms with Gasteiger partial charge in [0.15, 0.2) is 0 Å². The van der Waals surface area contributed by atoms with Crippen LogP contribution in [0.2, 0.25) is 0 Å². The van der Waals surface area contributed by atoms with Gasteiger partial charge < -0.3 is 9.64 Å². The molecular formula is C14H29NO3. The van der Waals surface area contributed by atoms with Crippen molar-refractivity contribution in [2.45, 2.75) is 48.5 Å². The van der Waals surface area contributed by atoms with Crippen LogP contribution in [0.4, 0.5) is 0 Å². The zero-order valence-corrected chi connectivity index (χ0v) is 13.2. The molecule has 0 fully saturated rings. The molecule has 0 saturated heterocycles. The van der Waals surface area contributed by atoms with Crippen molar-refractivity contribution in [1.29, 1.82) is 0 Å². The zero-order valence-electron chi connectivity index (χ0n) is 13.2. The fourth-order valence-electron chi connectivity index (χ4n) is 1.10. The second-order valence-corrected chi connectivity index (χ2v) is 3.29. The van der Waals surface area contributed by atoms with Crippen LogP contribution in [0.25, 0.3) is 0 Å². The monoisotopic (exact) mass is 259 g/mol. The van der Waals surface area contributed by atoms with Crippen LogP contribution in [-0.2, 0) is 14.3 Å². The van der Waals surface area contributed by atoms with Crippen LogP contribution in [0, 0.1) is 5.92 Å². The van der Waals surface area contributed by atoms with E-state index in [-0.39, 0.29) is 17.8 Å². The quantitative estimate of drug-likeness (QED) is 0.728. The number of nitrogens with zero attached hydrogens (tertiary/aromatic N) is 1. The van der Waals surface area contributed by atoms with Gasteiger partial charge in [-0.05, 0) is 6.92 Å². The fourth-order valence-corrected chi connectivity index (χ4v) is 1.10. The molecule has 0 aliphatic rings. The van der Waals surface area contributed by atoms with Crippen LogP contribution < -0.4 is 0 Å². The normalized spacial score (nSPS) is 9.78. The first kappa shape index (κ1) is 21.9. The van der Waals surface area contributed by atoms with Gasteiger partial charge in [-0.1, -0.05) is 41.2 Å². The third kappa shape index (κ3) is 9.87. The molecule has 0 spiro atoms. The Kier molecular flexibility index (Phi) is 16.7. The molecule has 0 N–H and O–H groups in total. The Morgan fingerprint density at radius 2 is 1.56 bits per heavy atom. The van der Waals surface area contributed by atoms with Crippen molar-refractivity contribution in [1.82, 2.24) is 4.90 Å². The number of carbonyl (C=O) groups excluding carboxylic acids is 2. The second kappa shape index (κ2) is 13.7. The van der Waals surface area contributed by atoms with E-state index in [2.05, 4.69) is 11.3 Å². The molecule has 0 rings (SSSR count). The number of methoxy groups -OCH3 is 1. The Balaban J connectivity index is -0.000000506. The molecule has 0 bridgehead atoms. The Hall–Kier alpha value is -1.32. The summed E-state index contributed by atoms with van der Waals surface area (Å²) in [7, 11) is 1.33. The third-order valence-corrected chi connectivity index (χ3v) is 1.90. The van der Waals surface area contributed by atoms with Gasteiger partial charge in [-0.15, -0.1) is 0 Å². The number of ether oxygens (including phenoxy) is 1. The number of esters is 1. The Morgan fingerprint density at radius 3 is 1.78 bits per heavy atom. The van der Waals surface area contributed by atoms with E-state index in [1.807, 2.05) is 27.7 Å². The average molecular weight is 259 g/mol. The maximum Gasteiger partial charge on any atom is 0.310 e. The van der Waals surface area contributed by atoms with Crippen molar-refractivity contribution in [3.05, 3.63) is 12.3 Å². The van der Waals surface area contributed by atoms with Crippen molar-refractivity contribution in [2.24, 2.45) is 5.92 Å². The molecule has 0 aromatic heterocycles. The summed E-state index contributed by atoms with van der Waals surface area (Å²) in [5.41, 5.74) is 0.633. The predicted octanol–water partition coefficient (Wildman–Crippen LogP) is 3.23. The van der Waals surface area contributed by atoms with E-state index in [9.17, 15) is 9.59 Å². The minimum Gasteiger partial charge on any atom is -0.469 e. The van der Waals surface area contributed by atoms with Crippen LogP contribution in [0.1, 0.15) is 48.5 Å². The maximum absolute atomic E-state index is 11.1. The summed E-state index contributed by atoms with van der Waals surface area (Å²) in [6, 6.07) is 0. The van der Waals surface area contributed by atoms with Gasteiger partial charge in [0, 0.05) is 19.2 Å². The largest absolute Gasteiger partial charge is 0.469 e. The van der Waals surface area contributed by atoms with Crippen LogP contribution in [0.15, 0.2) is 12.3 Å². The van der Waals surface area contributed by atoms with Crippen LogP contribution >= 0.6 is 0 Å². The lowest BCUT2D eigenvalue weighted by atomic mass is 10.1. The Morgan fingerprint density at radius 1 is 1.17 bits per heavy atom. The minimum atomic E-state index is -0.333. The molecule has 0 heterocycles. The van der Waals surface area contributed by atoms with E-state index in [4.69, 9.17) is 0 Å². The lowest BCUT2D eigenvalue weighted by Gasteiger charge is -2.23. The maximum atomic E-state index is 11.1. The lowest BCUT2D eigenvalue weighted by molar-refractivity contribution is -0.145. The van der Waals surface area contributed by atoms with Crippen molar-refractivity contribution in [3.63, 3.8) is 0 Å². The highest BCUT2D eigenvalue weighted by Gasteiger charge is 2.19. The molecule has 0 aliphatic heterocycles. The van der Waals surface area contributed by atoms with Crippen molar-refractivity contribution >= 4 is 11.9 Å². The van der Waals surface area contributed by atoms with E-state index in [0.29, 0.717) is 12.2 Å². The number of hydrogen-bond acceptors (Lipinski definition) is 3. The molecule has 0 aliphatic carbocycles. The number of hydrogen-bond donors (Lipinski definition) is 0. The van der Waals surface area contributed by atoms with Crippen molar-refractivity contribution in [3.8, 4) is 0 Å². The van der Waals surface area contributed by atoms with Gasteiger partial charge in [-0.3, -0.25) is 9.59 Å². The minimum absolute atomic E-state index is 0.117. The fraction of sp³-hybridized carbons (Fsp3) is 0.714. The van der Waals surface area contributed by atoms with Gasteiger partial charge in [-0.2, -0.15) is 0 Å². The highest BCUT2D eigenvalue weighted by molar-refractivity contribution is 5.77. The van der Waals surface area contributed by atoms with E-state index in [0.717, 1.165) is 0 Å². The van der Waals surface area contributed by atoms with E-state index < -0.39 is 0 Å². The first-order valence-corrected chi connectivity index (χ1v) is 6.41. The van der Waals surface area contributed by atoms with Crippen LogP contribution in [0.3, 0.4) is 0 Å². The lowest BCUT2D eigenvalue weighted by Crippen LogP contribution is -2.34. The van der Waals surface area contributed by atoms with Gasteiger partial charge in [0.25, 0.3) is 0 Å². The molecule has 0 aromatic carbocycles. The third-order valence-electron chi connectivity index (χ3n) is 1.90. The predicted molar refractivity (Wildman–Crippen MR) is 76.1 cm³/mol. The standard InChI is InChI=1S/C10H17NO3.2C2H6/c1-7(2)11(9(4)12)6-8(3)10(13)14-5;2*1-2/h8H,1,6H2,2-5H3;2*1-2H3. The van der Waals surface area contributed by atoms with Crippen LogP contribution in [0.5, 0.6) is 0 Å². The molecule has 0 aromatic rings. The molecule has 1 atom stereocenters. The summed E-state index contributed by atoms with van der Waals surface area (Å²) in [5, 5.41) is 0. The Labute approximate surface area is 112 Å². The first-order valence-electron chi connectivity index (χ1n) is 6.41. The van der Waals surface area contributed by atoms with Gasteiger partial charge in [0.05, 0.1) is 13.0 Å². The van der Waals surface area contributed by atoms with E-state index in [1.165, 1.54) is 18.9 Å². The van der Waals surface area contributed by atoms with Crippen molar-refractivity contribution in [2.75, 3.05) is 13.7 Å². The molecule has 1 amide bonds. The molecule has 18 heavy (non-hydrogen) atoms. The molecule has 0 saturated carbocycles.